The lowest BCUT2D eigenvalue weighted by atomic mass is 9.65. The quantitative estimate of drug-likeness (QED) is 0.711. The lowest BCUT2D eigenvalue weighted by Crippen LogP contribution is -2.34. The van der Waals surface area contributed by atoms with Crippen molar-refractivity contribution in [1.82, 2.24) is 5.32 Å². The third-order valence-corrected chi connectivity index (χ3v) is 4.25. The highest BCUT2D eigenvalue weighted by molar-refractivity contribution is 5.14. The average Bonchev–Trinajstić information content (AvgIpc) is 2.37. The van der Waals surface area contributed by atoms with Crippen LogP contribution >= 0.6 is 0 Å². The number of rotatable bonds is 8. The second-order valence-corrected chi connectivity index (χ2v) is 5.51. The van der Waals surface area contributed by atoms with Gasteiger partial charge in [-0.25, -0.2) is 0 Å². The highest BCUT2D eigenvalue weighted by atomic mass is 16.5. The second kappa shape index (κ2) is 6.91. The molecule has 0 amide bonds. The normalized spacial score (nSPS) is 17.4. The molecule has 1 aliphatic carbocycles. The van der Waals surface area contributed by atoms with E-state index in [2.05, 4.69) is 35.6 Å². The van der Waals surface area contributed by atoms with Crippen molar-refractivity contribution in [2.24, 2.45) is 5.41 Å². The SMILES string of the molecule is COCCC1(CCNCc2ccccc2)CCC1. The first-order valence-electron chi connectivity index (χ1n) is 7.08. The summed E-state index contributed by atoms with van der Waals surface area (Å²) in [6.45, 7) is 3.03. The van der Waals surface area contributed by atoms with Gasteiger partial charge in [0, 0.05) is 20.3 Å². The molecule has 2 heteroatoms. The van der Waals surface area contributed by atoms with Crippen molar-refractivity contribution >= 4 is 0 Å². The molecule has 0 saturated heterocycles. The fraction of sp³-hybridized carbons (Fsp3) is 0.625. The number of ether oxygens (including phenoxy) is 1. The van der Waals surface area contributed by atoms with E-state index in [1.165, 1.54) is 37.7 Å². The van der Waals surface area contributed by atoms with E-state index in [1.807, 2.05) is 0 Å². The molecule has 0 aromatic heterocycles. The van der Waals surface area contributed by atoms with Gasteiger partial charge in [0.1, 0.15) is 0 Å². The van der Waals surface area contributed by atoms with Gasteiger partial charge in [0.05, 0.1) is 0 Å². The molecule has 1 saturated carbocycles. The third kappa shape index (κ3) is 3.82. The van der Waals surface area contributed by atoms with Gasteiger partial charge in [0.15, 0.2) is 0 Å². The maximum absolute atomic E-state index is 5.23. The maximum Gasteiger partial charge on any atom is 0.0467 e. The number of hydrogen-bond donors (Lipinski definition) is 1. The number of methoxy groups -OCH3 is 1. The topological polar surface area (TPSA) is 21.3 Å². The van der Waals surface area contributed by atoms with Crippen LogP contribution in [0.5, 0.6) is 0 Å². The average molecular weight is 247 g/mol. The Hall–Kier alpha value is -0.860. The van der Waals surface area contributed by atoms with Gasteiger partial charge in [-0.3, -0.25) is 0 Å². The van der Waals surface area contributed by atoms with Gasteiger partial charge in [-0.15, -0.1) is 0 Å². The summed E-state index contributed by atoms with van der Waals surface area (Å²) in [4.78, 5) is 0. The fourth-order valence-corrected chi connectivity index (χ4v) is 2.80. The van der Waals surface area contributed by atoms with Gasteiger partial charge in [-0.1, -0.05) is 36.8 Å². The lowest BCUT2D eigenvalue weighted by molar-refractivity contribution is 0.0615. The van der Waals surface area contributed by atoms with Crippen LogP contribution in [-0.4, -0.2) is 20.3 Å². The Balaban J connectivity index is 1.65. The van der Waals surface area contributed by atoms with Gasteiger partial charge < -0.3 is 10.1 Å². The Kier molecular flexibility index (Phi) is 5.21. The Labute approximate surface area is 111 Å². The molecule has 0 bridgehead atoms. The minimum absolute atomic E-state index is 0.583. The molecule has 1 aromatic carbocycles. The zero-order chi connectivity index (χ0) is 12.7. The summed E-state index contributed by atoms with van der Waals surface area (Å²) < 4.78 is 5.23. The van der Waals surface area contributed by atoms with Crippen molar-refractivity contribution in [3.63, 3.8) is 0 Å². The van der Waals surface area contributed by atoms with Crippen molar-refractivity contribution in [3.05, 3.63) is 35.9 Å². The van der Waals surface area contributed by atoms with Crippen molar-refractivity contribution in [2.45, 2.75) is 38.6 Å². The molecule has 0 atom stereocenters. The molecule has 1 fully saturated rings. The molecular formula is C16H25NO. The summed E-state index contributed by atoms with van der Waals surface area (Å²) in [5.41, 5.74) is 1.96. The monoisotopic (exact) mass is 247 g/mol. The molecule has 1 aliphatic rings. The highest BCUT2D eigenvalue weighted by Gasteiger charge is 2.35. The molecule has 1 aromatic rings. The predicted octanol–water partition coefficient (Wildman–Crippen LogP) is 3.37. The number of nitrogens with one attached hydrogen (secondary N) is 1. The number of benzene rings is 1. The van der Waals surface area contributed by atoms with Gasteiger partial charge in [-0.2, -0.15) is 0 Å². The lowest BCUT2D eigenvalue weighted by Gasteiger charge is -2.42. The van der Waals surface area contributed by atoms with E-state index in [0.29, 0.717) is 5.41 Å². The van der Waals surface area contributed by atoms with Crippen molar-refractivity contribution < 1.29 is 4.74 Å². The highest BCUT2D eigenvalue weighted by Crippen LogP contribution is 2.46. The molecule has 0 heterocycles. The van der Waals surface area contributed by atoms with E-state index in [1.54, 1.807) is 7.11 Å². The van der Waals surface area contributed by atoms with Crippen molar-refractivity contribution in [3.8, 4) is 0 Å². The Bertz CT molecular complexity index is 332. The molecule has 0 radical (unpaired) electrons. The van der Waals surface area contributed by atoms with Crippen LogP contribution in [0.4, 0.5) is 0 Å². The van der Waals surface area contributed by atoms with Crippen LogP contribution in [-0.2, 0) is 11.3 Å². The predicted molar refractivity (Wildman–Crippen MR) is 75.5 cm³/mol. The summed E-state index contributed by atoms with van der Waals surface area (Å²) >= 11 is 0. The number of hydrogen-bond acceptors (Lipinski definition) is 2. The van der Waals surface area contributed by atoms with Gasteiger partial charge >= 0.3 is 0 Å². The fourth-order valence-electron chi connectivity index (χ4n) is 2.80. The van der Waals surface area contributed by atoms with Gasteiger partial charge in [0.2, 0.25) is 0 Å². The van der Waals surface area contributed by atoms with Crippen molar-refractivity contribution in [1.29, 1.82) is 0 Å². The molecule has 0 aliphatic heterocycles. The van der Waals surface area contributed by atoms with Crippen LogP contribution in [0, 0.1) is 5.41 Å². The Morgan fingerprint density at radius 1 is 1.17 bits per heavy atom. The first-order chi connectivity index (χ1) is 8.85. The first-order valence-corrected chi connectivity index (χ1v) is 7.08. The molecule has 18 heavy (non-hydrogen) atoms. The second-order valence-electron chi connectivity index (χ2n) is 5.51. The summed E-state index contributed by atoms with van der Waals surface area (Å²) in [5.74, 6) is 0. The van der Waals surface area contributed by atoms with Crippen LogP contribution in [0.1, 0.15) is 37.7 Å². The maximum atomic E-state index is 5.23. The zero-order valence-corrected chi connectivity index (χ0v) is 11.5. The van der Waals surface area contributed by atoms with E-state index in [4.69, 9.17) is 4.74 Å². The summed E-state index contributed by atoms with van der Waals surface area (Å²) in [6.07, 6.45) is 6.72. The van der Waals surface area contributed by atoms with E-state index < -0.39 is 0 Å². The van der Waals surface area contributed by atoms with E-state index in [9.17, 15) is 0 Å². The Morgan fingerprint density at radius 2 is 1.94 bits per heavy atom. The van der Waals surface area contributed by atoms with E-state index in [-0.39, 0.29) is 0 Å². The smallest absolute Gasteiger partial charge is 0.0467 e. The first kappa shape index (κ1) is 13.6. The molecular weight excluding hydrogens is 222 g/mol. The van der Waals surface area contributed by atoms with Crippen LogP contribution in [0.2, 0.25) is 0 Å². The largest absolute Gasteiger partial charge is 0.385 e. The van der Waals surface area contributed by atoms with Gasteiger partial charge in [0.25, 0.3) is 0 Å². The van der Waals surface area contributed by atoms with E-state index in [0.717, 1.165) is 19.7 Å². The van der Waals surface area contributed by atoms with Crippen molar-refractivity contribution in [2.75, 3.05) is 20.3 Å². The molecule has 2 nitrogen and oxygen atoms in total. The van der Waals surface area contributed by atoms with Crippen LogP contribution in [0.15, 0.2) is 30.3 Å². The van der Waals surface area contributed by atoms with Crippen LogP contribution < -0.4 is 5.32 Å². The molecule has 2 rings (SSSR count). The molecule has 1 N–H and O–H groups in total. The Morgan fingerprint density at radius 3 is 2.56 bits per heavy atom. The minimum atomic E-state index is 0.583. The summed E-state index contributed by atoms with van der Waals surface area (Å²) in [5, 5.41) is 3.56. The summed E-state index contributed by atoms with van der Waals surface area (Å²) in [6, 6.07) is 10.6. The molecule has 0 spiro atoms. The van der Waals surface area contributed by atoms with Crippen LogP contribution in [0.25, 0.3) is 0 Å². The van der Waals surface area contributed by atoms with Gasteiger partial charge in [-0.05, 0) is 43.2 Å². The molecule has 0 unspecified atom stereocenters. The van der Waals surface area contributed by atoms with Crippen LogP contribution in [0.3, 0.4) is 0 Å². The zero-order valence-electron chi connectivity index (χ0n) is 11.5. The molecule has 100 valence electrons. The third-order valence-electron chi connectivity index (χ3n) is 4.25. The summed E-state index contributed by atoms with van der Waals surface area (Å²) in [7, 11) is 1.81. The van der Waals surface area contributed by atoms with E-state index >= 15 is 0 Å². The standard InChI is InChI=1S/C16H25NO/c1-18-13-11-16(8-5-9-16)10-12-17-14-15-6-3-2-4-7-15/h2-4,6-7,17H,5,8-14H2,1H3. The minimum Gasteiger partial charge on any atom is -0.385 e.